The summed E-state index contributed by atoms with van der Waals surface area (Å²) >= 11 is 0. The molecular weight excluding hydrogens is 244 g/mol. The second kappa shape index (κ2) is 6.89. The van der Waals surface area contributed by atoms with Gasteiger partial charge in [0, 0.05) is 18.3 Å². The molecule has 0 spiro atoms. The Labute approximate surface area is 113 Å². The minimum Gasteiger partial charge on any atom is -0.396 e. The van der Waals surface area contributed by atoms with Crippen LogP contribution in [0.2, 0.25) is 0 Å². The van der Waals surface area contributed by atoms with E-state index in [-0.39, 0.29) is 12.6 Å². The summed E-state index contributed by atoms with van der Waals surface area (Å²) in [6.07, 6.45) is 0.419. The highest BCUT2D eigenvalue weighted by molar-refractivity contribution is 6.39. The molecule has 0 bridgehead atoms. The number of nitrogens with one attached hydrogen (secondary N) is 2. The number of hydrogen-bond acceptors (Lipinski definition) is 3. The number of aryl methyl sites for hydroxylation is 1. The molecule has 3 N–H and O–H groups in total. The van der Waals surface area contributed by atoms with Gasteiger partial charge in [0.05, 0.1) is 0 Å². The lowest BCUT2D eigenvalue weighted by Gasteiger charge is -2.13. The monoisotopic (exact) mass is 264 g/mol. The summed E-state index contributed by atoms with van der Waals surface area (Å²) in [6.45, 7) is 5.53. The van der Waals surface area contributed by atoms with Crippen molar-refractivity contribution in [2.24, 2.45) is 0 Å². The van der Waals surface area contributed by atoms with Gasteiger partial charge in [-0.15, -0.1) is 0 Å². The number of benzene rings is 1. The fourth-order valence-corrected chi connectivity index (χ4v) is 1.62. The van der Waals surface area contributed by atoms with Gasteiger partial charge in [-0.2, -0.15) is 0 Å². The van der Waals surface area contributed by atoms with Crippen molar-refractivity contribution in [3.05, 3.63) is 29.3 Å². The van der Waals surface area contributed by atoms with Gasteiger partial charge in [-0.25, -0.2) is 0 Å². The van der Waals surface area contributed by atoms with E-state index in [1.807, 2.05) is 26.0 Å². The van der Waals surface area contributed by atoms with Crippen LogP contribution in [0.5, 0.6) is 0 Å². The maximum atomic E-state index is 11.7. The van der Waals surface area contributed by atoms with Crippen LogP contribution < -0.4 is 10.6 Å². The van der Waals surface area contributed by atoms with E-state index in [2.05, 4.69) is 10.6 Å². The van der Waals surface area contributed by atoms with Gasteiger partial charge >= 0.3 is 11.8 Å². The zero-order valence-corrected chi connectivity index (χ0v) is 11.5. The Morgan fingerprint density at radius 1 is 1.26 bits per heavy atom. The molecule has 0 heterocycles. The largest absolute Gasteiger partial charge is 0.396 e. The van der Waals surface area contributed by atoms with E-state index < -0.39 is 11.8 Å². The van der Waals surface area contributed by atoms with Gasteiger partial charge in [-0.05, 0) is 44.4 Å². The SMILES string of the molecule is Cc1cccc(NC(=O)C(=O)N[C@H](C)CCO)c1C. The zero-order chi connectivity index (χ0) is 14.4. The highest BCUT2D eigenvalue weighted by Crippen LogP contribution is 2.17. The van der Waals surface area contributed by atoms with Crippen molar-refractivity contribution in [3.8, 4) is 0 Å². The number of amides is 2. The third-order valence-corrected chi connectivity index (χ3v) is 3.00. The molecule has 0 radical (unpaired) electrons. The number of rotatable bonds is 4. The van der Waals surface area contributed by atoms with Crippen molar-refractivity contribution >= 4 is 17.5 Å². The first kappa shape index (κ1) is 15.2. The van der Waals surface area contributed by atoms with E-state index in [4.69, 9.17) is 5.11 Å². The van der Waals surface area contributed by atoms with Crippen LogP contribution in [0, 0.1) is 13.8 Å². The Bertz CT molecular complexity index is 472. The van der Waals surface area contributed by atoms with Crippen molar-refractivity contribution in [3.63, 3.8) is 0 Å². The predicted molar refractivity (Wildman–Crippen MR) is 73.9 cm³/mol. The van der Waals surface area contributed by atoms with E-state index in [1.165, 1.54) is 0 Å². The first-order chi connectivity index (χ1) is 8.95. The third-order valence-electron chi connectivity index (χ3n) is 3.00. The maximum Gasteiger partial charge on any atom is 0.313 e. The van der Waals surface area contributed by atoms with Crippen molar-refractivity contribution in [2.45, 2.75) is 33.2 Å². The van der Waals surface area contributed by atoms with Crippen LogP contribution >= 0.6 is 0 Å². The highest BCUT2D eigenvalue weighted by atomic mass is 16.3. The fraction of sp³-hybridized carbons (Fsp3) is 0.429. The normalized spacial score (nSPS) is 11.8. The Morgan fingerprint density at radius 2 is 1.95 bits per heavy atom. The Hall–Kier alpha value is -1.88. The fourth-order valence-electron chi connectivity index (χ4n) is 1.62. The molecule has 5 heteroatoms. The Balaban J connectivity index is 2.64. The van der Waals surface area contributed by atoms with E-state index in [0.717, 1.165) is 11.1 Å². The molecule has 19 heavy (non-hydrogen) atoms. The lowest BCUT2D eigenvalue weighted by molar-refractivity contribution is -0.136. The van der Waals surface area contributed by atoms with E-state index in [0.29, 0.717) is 12.1 Å². The van der Waals surface area contributed by atoms with E-state index in [9.17, 15) is 9.59 Å². The predicted octanol–water partition coefficient (Wildman–Crippen LogP) is 1.13. The van der Waals surface area contributed by atoms with Gasteiger partial charge in [0.1, 0.15) is 0 Å². The van der Waals surface area contributed by atoms with Gasteiger partial charge < -0.3 is 15.7 Å². The topological polar surface area (TPSA) is 78.4 Å². The quantitative estimate of drug-likeness (QED) is 0.713. The molecule has 2 amide bonds. The van der Waals surface area contributed by atoms with Gasteiger partial charge in [0.15, 0.2) is 0 Å². The molecule has 0 aromatic heterocycles. The summed E-state index contributed by atoms with van der Waals surface area (Å²) in [5.74, 6) is -1.39. The second-order valence-corrected chi connectivity index (χ2v) is 4.59. The lowest BCUT2D eigenvalue weighted by atomic mass is 10.1. The minimum absolute atomic E-state index is 0.0277. The highest BCUT2D eigenvalue weighted by Gasteiger charge is 2.16. The molecule has 104 valence electrons. The molecule has 5 nitrogen and oxygen atoms in total. The van der Waals surface area contributed by atoms with Crippen molar-refractivity contribution in [1.29, 1.82) is 0 Å². The standard InChI is InChI=1S/C14H20N2O3/c1-9-5-4-6-12(11(9)3)16-14(19)13(18)15-10(2)7-8-17/h4-6,10,17H,7-8H2,1-3H3,(H,15,18)(H,16,19)/t10-/m1/s1. The lowest BCUT2D eigenvalue weighted by Crippen LogP contribution is -2.40. The van der Waals surface area contributed by atoms with Crippen LogP contribution in [0.1, 0.15) is 24.5 Å². The third kappa shape index (κ3) is 4.37. The van der Waals surface area contributed by atoms with Gasteiger partial charge in [0.25, 0.3) is 0 Å². The van der Waals surface area contributed by atoms with Crippen molar-refractivity contribution in [1.82, 2.24) is 5.32 Å². The van der Waals surface area contributed by atoms with Crippen molar-refractivity contribution < 1.29 is 14.7 Å². The average Bonchev–Trinajstić information content (AvgIpc) is 2.35. The average molecular weight is 264 g/mol. The molecule has 1 aromatic carbocycles. The summed E-state index contributed by atoms with van der Waals surface area (Å²) in [4.78, 5) is 23.4. The van der Waals surface area contributed by atoms with E-state index >= 15 is 0 Å². The molecule has 0 aliphatic carbocycles. The molecular formula is C14H20N2O3. The number of carbonyl (C=O) groups is 2. The van der Waals surface area contributed by atoms with Crippen molar-refractivity contribution in [2.75, 3.05) is 11.9 Å². The molecule has 0 aliphatic heterocycles. The zero-order valence-electron chi connectivity index (χ0n) is 11.5. The van der Waals surface area contributed by atoms with Gasteiger partial charge in [-0.1, -0.05) is 12.1 Å². The summed E-state index contributed by atoms with van der Waals surface area (Å²) < 4.78 is 0. The number of carbonyl (C=O) groups excluding carboxylic acids is 2. The summed E-state index contributed by atoms with van der Waals surface area (Å²) in [6, 6.07) is 5.28. The van der Waals surface area contributed by atoms with Gasteiger partial charge in [-0.3, -0.25) is 9.59 Å². The van der Waals surface area contributed by atoms with Crippen LogP contribution in [0.4, 0.5) is 5.69 Å². The minimum atomic E-state index is -0.696. The van der Waals surface area contributed by atoms with Crippen LogP contribution in [0.3, 0.4) is 0 Å². The number of aliphatic hydroxyl groups is 1. The van der Waals surface area contributed by atoms with E-state index in [1.54, 1.807) is 13.0 Å². The molecule has 0 saturated heterocycles. The summed E-state index contributed by atoms with van der Waals surface area (Å²) in [7, 11) is 0. The van der Waals surface area contributed by atoms with Crippen LogP contribution in [0.25, 0.3) is 0 Å². The number of aliphatic hydroxyl groups excluding tert-OH is 1. The number of hydrogen-bond donors (Lipinski definition) is 3. The summed E-state index contributed by atoms with van der Waals surface area (Å²) in [5.41, 5.74) is 2.62. The molecule has 1 aromatic rings. The second-order valence-electron chi connectivity index (χ2n) is 4.59. The van der Waals surface area contributed by atoms with Gasteiger partial charge in [0.2, 0.25) is 0 Å². The maximum absolute atomic E-state index is 11.7. The molecule has 0 aliphatic rings. The molecule has 1 atom stereocenters. The Kier molecular flexibility index (Phi) is 5.51. The first-order valence-electron chi connectivity index (χ1n) is 6.24. The first-order valence-corrected chi connectivity index (χ1v) is 6.24. The summed E-state index contributed by atoms with van der Waals surface area (Å²) in [5, 5.41) is 13.8. The van der Waals surface area contributed by atoms with Crippen LogP contribution in [-0.4, -0.2) is 29.6 Å². The Morgan fingerprint density at radius 3 is 2.58 bits per heavy atom. The molecule has 0 saturated carbocycles. The molecule has 0 fully saturated rings. The van der Waals surface area contributed by atoms with Crippen LogP contribution in [0.15, 0.2) is 18.2 Å². The molecule has 0 unspecified atom stereocenters. The smallest absolute Gasteiger partial charge is 0.313 e. The molecule has 1 rings (SSSR count). The number of anilines is 1. The van der Waals surface area contributed by atoms with Crippen LogP contribution in [-0.2, 0) is 9.59 Å².